The van der Waals surface area contributed by atoms with Crippen LogP contribution in [0.4, 0.5) is 5.69 Å². The normalized spacial score (nSPS) is 20.0. The molecule has 4 rings (SSSR count). The van der Waals surface area contributed by atoms with Gasteiger partial charge in [-0.1, -0.05) is 36.0 Å². The van der Waals surface area contributed by atoms with Crippen molar-refractivity contribution in [2.45, 2.75) is 16.6 Å². The Morgan fingerprint density at radius 2 is 1.66 bits per heavy atom. The molecule has 0 bridgehead atoms. The molecule has 0 saturated carbocycles. The zero-order valence-electron chi connectivity index (χ0n) is 16.1. The highest BCUT2D eigenvalue weighted by Gasteiger charge is 2.47. The van der Waals surface area contributed by atoms with Crippen LogP contribution in [-0.4, -0.2) is 38.8 Å². The highest BCUT2D eigenvalue weighted by Crippen LogP contribution is 2.52. The molecule has 2 atom stereocenters. The van der Waals surface area contributed by atoms with Gasteiger partial charge in [0, 0.05) is 4.90 Å². The molecule has 2 aromatic carbocycles. The first kappa shape index (κ1) is 19.4. The van der Waals surface area contributed by atoms with Gasteiger partial charge in [0.15, 0.2) is 5.56 Å². The van der Waals surface area contributed by atoms with Crippen LogP contribution in [0.1, 0.15) is 11.7 Å². The summed E-state index contributed by atoms with van der Waals surface area (Å²) in [6.07, 6.45) is -0.800. The number of carbonyl (C=O) groups excluding carboxylic acids is 2. The molecule has 2 aromatic rings. The van der Waals surface area contributed by atoms with Gasteiger partial charge in [-0.25, -0.2) is 9.59 Å². The Morgan fingerprint density at radius 3 is 2.31 bits per heavy atom. The van der Waals surface area contributed by atoms with Crippen molar-refractivity contribution in [1.29, 1.82) is 0 Å². The molecule has 2 heterocycles. The lowest BCUT2D eigenvalue weighted by atomic mass is 9.97. The largest absolute Gasteiger partial charge is 0.497 e. The summed E-state index contributed by atoms with van der Waals surface area (Å²) in [6.45, 7) is 0. The first-order valence-corrected chi connectivity index (χ1v) is 9.72. The van der Waals surface area contributed by atoms with E-state index < -0.39 is 23.6 Å². The van der Waals surface area contributed by atoms with Gasteiger partial charge in [0.05, 0.1) is 27.0 Å². The summed E-state index contributed by atoms with van der Waals surface area (Å²) in [5.41, 5.74) is 1.16. The fourth-order valence-electron chi connectivity index (χ4n) is 3.43. The molecule has 2 aliphatic rings. The predicted octanol–water partition coefficient (Wildman–Crippen LogP) is 3.26. The molecule has 0 unspecified atom stereocenters. The number of nitrogens with zero attached hydrogens (tertiary/aromatic N) is 1. The minimum absolute atomic E-state index is 0.0954. The second-order valence-electron chi connectivity index (χ2n) is 6.30. The number of hydrogen-bond donors (Lipinski definition) is 0. The quantitative estimate of drug-likeness (QED) is 0.707. The number of benzene rings is 2. The Labute approximate surface area is 172 Å². The van der Waals surface area contributed by atoms with Crippen molar-refractivity contribution in [3.63, 3.8) is 0 Å². The molecule has 0 spiro atoms. The summed E-state index contributed by atoms with van der Waals surface area (Å²) in [5, 5.41) is 0. The van der Waals surface area contributed by atoms with Crippen molar-refractivity contribution >= 4 is 29.4 Å². The average molecular weight is 413 g/mol. The number of para-hydroxylation sites is 1. The van der Waals surface area contributed by atoms with Crippen molar-refractivity contribution in [2.75, 3.05) is 26.2 Å². The van der Waals surface area contributed by atoms with E-state index >= 15 is 0 Å². The highest BCUT2D eigenvalue weighted by molar-refractivity contribution is 8.00. The Morgan fingerprint density at radius 1 is 0.966 bits per heavy atom. The van der Waals surface area contributed by atoms with Crippen LogP contribution < -0.4 is 9.64 Å². The number of carbonyl (C=O) groups is 2. The standard InChI is InChI=1S/C21H19NO6S/c1-25-13-10-8-12(9-11-13)18-16(19(23)26-2)17(20(24)27-3)22-14-6-4-5-7-15(14)29-21(22)28-18/h4-11,18,21H,1-3H3/t18-,21-/m1/s1. The number of ether oxygens (including phenoxy) is 4. The Bertz CT molecular complexity index is 987. The van der Waals surface area contributed by atoms with Crippen molar-refractivity contribution in [2.24, 2.45) is 0 Å². The fraction of sp³-hybridized carbons (Fsp3) is 0.238. The van der Waals surface area contributed by atoms with E-state index in [1.54, 1.807) is 36.3 Å². The van der Waals surface area contributed by atoms with Crippen LogP contribution in [0.25, 0.3) is 0 Å². The number of thioether (sulfide) groups is 1. The van der Waals surface area contributed by atoms with E-state index in [1.165, 1.54) is 26.0 Å². The minimum atomic E-state index is -0.800. The van der Waals surface area contributed by atoms with Crippen molar-refractivity contribution in [3.05, 3.63) is 65.4 Å². The van der Waals surface area contributed by atoms with Gasteiger partial charge in [0.25, 0.3) is 0 Å². The zero-order valence-corrected chi connectivity index (χ0v) is 16.9. The Balaban J connectivity index is 1.91. The van der Waals surface area contributed by atoms with E-state index in [9.17, 15) is 9.59 Å². The summed E-state index contributed by atoms with van der Waals surface area (Å²) in [5.74, 6) is -0.612. The number of rotatable bonds is 4. The molecule has 2 aliphatic heterocycles. The number of fused-ring (bicyclic) bond motifs is 3. The SMILES string of the molecule is COC(=O)C1=C(C(=O)OC)N2c3ccccc3S[C@H]2O[C@@H]1c1ccc(OC)cc1. The third-order valence-electron chi connectivity index (χ3n) is 4.78. The average Bonchev–Trinajstić information content (AvgIpc) is 3.15. The highest BCUT2D eigenvalue weighted by atomic mass is 32.2. The summed E-state index contributed by atoms with van der Waals surface area (Å²) in [4.78, 5) is 28.2. The molecular formula is C21H19NO6S. The predicted molar refractivity (Wildman–Crippen MR) is 106 cm³/mol. The van der Waals surface area contributed by atoms with Gasteiger partial charge < -0.3 is 18.9 Å². The number of esters is 2. The van der Waals surface area contributed by atoms with Gasteiger partial charge in [-0.3, -0.25) is 4.90 Å². The van der Waals surface area contributed by atoms with E-state index in [1.807, 2.05) is 24.3 Å². The first-order valence-electron chi connectivity index (χ1n) is 8.84. The lowest BCUT2D eigenvalue weighted by Gasteiger charge is -2.37. The first-order chi connectivity index (χ1) is 14.1. The van der Waals surface area contributed by atoms with E-state index in [2.05, 4.69) is 0 Å². The van der Waals surface area contributed by atoms with E-state index in [0.717, 1.165) is 10.6 Å². The maximum atomic E-state index is 12.8. The van der Waals surface area contributed by atoms with Gasteiger partial charge in [-0.2, -0.15) is 0 Å². The van der Waals surface area contributed by atoms with Crippen molar-refractivity contribution in [1.82, 2.24) is 0 Å². The van der Waals surface area contributed by atoms with Gasteiger partial charge in [0.1, 0.15) is 23.1 Å². The number of anilines is 1. The molecule has 0 aliphatic carbocycles. The number of hydrogen-bond acceptors (Lipinski definition) is 8. The molecule has 0 aromatic heterocycles. The van der Waals surface area contributed by atoms with Crippen molar-refractivity contribution < 1.29 is 28.5 Å². The lowest BCUT2D eigenvalue weighted by molar-refractivity contribution is -0.142. The molecule has 0 saturated heterocycles. The van der Waals surface area contributed by atoms with E-state index in [-0.39, 0.29) is 11.3 Å². The molecule has 0 amide bonds. The molecule has 0 fully saturated rings. The third-order valence-corrected chi connectivity index (χ3v) is 5.90. The van der Waals surface area contributed by atoms with Crippen LogP contribution in [-0.2, 0) is 23.8 Å². The zero-order chi connectivity index (χ0) is 20.5. The number of methoxy groups -OCH3 is 3. The third kappa shape index (κ3) is 3.24. The van der Waals surface area contributed by atoms with Crippen molar-refractivity contribution in [3.8, 4) is 5.75 Å². The van der Waals surface area contributed by atoms with Crippen LogP contribution in [0.2, 0.25) is 0 Å². The summed E-state index contributed by atoms with van der Waals surface area (Å²) in [7, 11) is 4.13. The lowest BCUT2D eigenvalue weighted by Crippen LogP contribution is -2.43. The molecule has 150 valence electrons. The maximum absolute atomic E-state index is 12.8. The summed E-state index contributed by atoms with van der Waals surface area (Å²) < 4.78 is 21.5. The summed E-state index contributed by atoms with van der Waals surface area (Å²) >= 11 is 1.46. The van der Waals surface area contributed by atoms with Crippen LogP contribution in [0.15, 0.2) is 64.7 Å². The smallest absolute Gasteiger partial charge is 0.355 e. The monoisotopic (exact) mass is 413 g/mol. The molecule has 7 nitrogen and oxygen atoms in total. The van der Waals surface area contributed by atoms with E-state index in [4.69, 9.17) is 18.9 Å². The van der Waals surface area contributed by atoms with Gasteiger partial charge >= 0.3 is 11.9 Å². The van der Waals surface area contributed by atoms with Gasteiger partial charge in [-0.15, -0.1) is 0 Å². The molecule has 8 heteroatoms. The summed E-state index contributed by atoms with van der Waals surface area (Å²) in [6, 6.07) is 14.7. The van der Waals surface area contributed by atoms with Crippen LogP contribution in [0, 0.1) is 0 Å². The van der Waals surface area contributed by atoms with Gasteiger partial charge in [-0.05, 0) is 29.8 Å². The Hall–Kier alpha value is -2.97. The molecule has 0 radical (unpaired) electrons. The van der Waals surface area contributed by atoms with Crippen LogP contribution in [0.5, 0.6) is 5.75 Å². The fourth-order valence-corrected chi connectivity index (χ4v) is 4.58. The minimum Gasteiger partial charge on any atom is -0.497 e. The maximum Gasteiger partial charge on any atom is 0.355 e. The second-order valence-corrected chi connectivity index (χ2v) is 7.38. The van der Waals surface area contributed by atoms with Crippen LogP contribution >= 0.6 is 11.8 Å². The van der Waals surface area contributed by atoms with Gasteiger partial charge in [0.2, 0.25) is 0 Å². The molecular weight excluding hydrogens is 394 g/mol. The van der Waals surface area contributed by atoms with E-state index in [0.29, 0.717) is 11.3 Å². The second kappa shape index (κ2) is 7.81. The Kier molecular flexibility index (Phi) is 5.21. The molecule has 0 N–H and O–H groups in total. The topological polar surface area (TPSA) is 74.3 Å². The van der Waals surface area contributed by atoms with Crippen LogP contribution in [0.3, 0.4) is 0 Å². The molecule has 29 heavy (non-hydrogen) atoms.